The van der Waals surface area contributed by atoms with E-state index < -0.39 is 0 Å². The molecule has 1 heterocycles. The van der Waals surface area contributed by atoms with E-state index in [1.165, 1.54) is 0 Å². The Morgan fingerprint density at radius 3 is 2.95 bits per heavy atom. The van der Waals surface area contributed by atoms with Crippen LogP contribution in [0.25, 0.3) is 0 Å². The zero-order chi connectivity index (χ0) is 15.2. The first-order chi connectivity index (χ1) is 10.2. The monoisotopic (exact) mass is 351 g/mol. The summed E-state index contributed by atoms with van der Waals surface area (Å²) in [5.74, 6) is 0.907. The molecular formula is C16H22BrN3O. The van der Waals surface area contributed by atoms with Gasteiger partial charge in [0.2, 0.25) is 0 Å². The van der Waals surface area contributed by atoms with Crippen LogP contribution in [0.15, 0.2) is 35.2 Å². The molecule has 2 rings (SSSR count). The van der Waals surface area contributed by atoms with Gasteiger partial charge in [-0.2, -0.15) is 0 Å². The average molecular weight is 352 g/mol. The maximum absolute atomic E-state index is 6.02. The molecule has 114 valence electrons. The number of halogens is 1. The number of rotatable bonds is 7. The summed E-state index contributed by atoms with van der Waals surface area (Å²) in [6, 6.07) is 6.34. The van der Waals surface area contributed by atoms with Gasteiger partial charge in [-0.25, -0.2) is 4.98 Å². The van der Waals surface area contributed by atoms with Crippen molar-refractivity contribution in [3.8, 4) is 5.75 Å². The minimum atomic E-state index is 0.234. The van der Waals surface area contributed by atoms with E-state index in [1.807, 2.05) is 31.7 Å². The number of benzene rings is 1. The van der Waals surface area contributed by atoms with Gasteiger partial charge < -0.3 is 14.6 Å². The van der Waals surface area contributed by atoms with Gasteiger partial charge in [0.05, 0.1) is 18.2 Å². The molecule has 1 aromatic carbocycles. The van der Waals surface area contributed by atoms with Crippen molar-refractivity contribution in [3.05, 3.63) is 46.5 Å². The molecule has 1 atom stereocenters. The van der Waals surface area contributed by atoms with E-state index >= 15 is 0 Å². The minimum absolute atomic E-state index is 0.234. The molecule has 0 bridgehead atoms. The number of nitrogens with zero attached hydrogens (tertiary/aromatic N) is 2. The third-order valence-electron chi connectivity index (χ3n) is 3.51. The lowest BCUT2D eigenvalue weighted by Crippen LogP contribution is -2.14. The van der Waals surface area contributed by atoms with Gasteiger partial charge in [0.15, 0.2) is 0 Å². The van der Waals surface area contributed by atoms with Gasteiger partial charge in [0.25, 0.3) is 0 Å². The second-order valence-corrected chi connectivity index (χ2v) is 5.98. The highest BCUT2D eigenvalue weighted by molar-refractivity contribution is 9.10. The second-order valence-electron chi connectivity index (χ2n) is 5.06. The van der Waals surface area contributed by atoms with Crippen molar-refractivity contribution in [2.45, 2.75) is 39.5 Å². The van der Waals surface area contributed by atoms with Gasteiger partial charge in [0, 0.05) is 22.6 Å². The fourth-order valence-corrected chi connectivity index (χ4v) is 2.59. The molecule has 0 aliphatic carbocycles. The molecule has 4 nitrogen and oxygen atoms in total. The molecule has 0 saturated heterocycles. The van der Waals surface area contributed by atoms with Crippen molar-refractivity contribution in [1.29, 1.82) is 0 Å². The largest absolute Gasteiger partial charge is 0.487 e. The Labute approximate surface area is 134 Å². The van der Waals surface area contributed by atoms with E-state index in [4.69, 9.17) is 4.74 Å². The smallest absolute Gasteiger partial charge is 0.130 e. The lowest BCUT2D eigenvalue weighted by Gasteiger charge is -2.17. The van der Waals surface area contributed by atoms with Gasteiger partial charge in [-0.3, -0.25) is 0 Å². The summed E-state index contributed by atoms with van der Waals surface area (Å²) in [5.41, 5.74) is 2.25. The Hall–Kier alpha value is -1.33. The highest BCUT2D eigenvalue weighted by Crippen LogP contribution is 2.29. The van der Waals surface area contributed by atoms with E-state index in [2.05, 4.69) is 50.7 Å². The molecule has 0 aliphatic rings. The first-order valence-electron chi connectivity index (χ1n) is 7.24. The van der Waals surface area contributed by atoms with Crippen molar-refractivity contribution in [2.75, 3.05) is 7.05 Å². The van der Waals surface area contributed by atoms with Crippen molar-refractivity contribution < 1.29 is 4.74 Å². The summed E-state index contributed by atoms with van der Waals surface area (Å²) < 4.78 is 9.22. The lowest BCUT2D eigenvalue weighted by molar-refractivity contribution is 0.289. The molecular weight excluding hydrogens is 330 g/mol. The van der Waals surface area contributed by atoms with Crippen LogP contribution in [0, 0.1) is 0 Å². The third-order valence-corrected chi connectivity index (χ3v) is 4.00. The molecule has 0 amide bonds. The molecule has 0 spiro atoms. The SMILES string of the molecule is CCCn1cncc1COc1ccc(Br)cc1C(C)NC. The van der Waals surface area contributed by atoms with E-state index in [-0.39, 0.29) is 6.04 Å². The van der Waals surface area contributed by atoms with Gasteiger partial charge >= 0.3 is 0 Å². The number of nitrogens with one attached hydrogen (secondary N) is 1. The van der Waals surface area contributed by atoms with E-state index in [0.29, 0.717) is 6.61 Å². The van der Waals surface area contributed by atoms with Crippen LogP contribution in [-0.4, -0.2) is 16.6 Å². The number of ether oxygens (including phenoxy) is 1. The van der Waals surface area contributed by atoms with Crippen molar-refractivity contribution in [3.63, 3.8) is 0 Å². The number of hydrogen-bond donors (Lipinski definition) is 1. The highest BCUT2D eigenvalue weighted by atomic mass is 79.9. The zero-order valence-corrected chi connectivity index (χ0v) is 14.4. The van der Waals surface area contributed by atoms with Crippen LogP contribution in [0.2, 0.25) is 0 Å². The van der Waals surface area contributed by atoms with Gasteiger partial charge in [-0.05, 0) is 38.6 Å². The fourth-order valence-electron chi connectivity index (χ4n) is 2.21. The number of aryl methyl sites for hydroxylation is 1. The second kappa shape index (κ2) is 7.61. The molecule has 21 heavy (non-hydrogen) atoms. The van der Waals surface area contributed by atoms with Crippen LogP contribution in [0.4, 0.5) is 0 Å². The quantitative estimate of drug-likeness (QED) is 0.821. The molecule has 0 aliphatic heterocycles. The van der Waals surface area contributed by atoms with Gasteiger partial charge in [0.1, 0.15) is 12.4 Å². The summed E-state index contributed by atoms with van der Waals surface area (Å²) in [6.45, 7) is 5.78. The predicted molar refractivity (Wildman–Crippen MR) is 88.5 cm³/mol. The van der Waals surface area contributed by atoms with Crippen LogP contribution >= 0.6 is 15.9 Å². The average Bonchev–Trinajstić information content (AvgIpc) is 2.93. The normalized spacial score (nSPS) is 12.4. The summed E-state index contributed by atoms with van der Waals surface area (Å²) >= 11 is 3.52. The standard InChI is InChI=1S/C16H22BrN3O/c1-4-7-20-11-19-9-14(20)10-21-16-6-5-13(17)8-15(16)12(2)18-3/h5-6,8-9,11-12,18H,4,7,10H2,1-3H3. The lowest BCUT2D eigenvalue weighted by atomic mass is 10.1. The summed E-state index contributed by atoms with van der Waals surface area (Å²) in [4.78, 5) is 4.20. The molecule has 0 fully saturated rings. The fraction of sp³-hybridized carbons (Fsp3) is 0.438. The van der Waals surface area contributed by atoms with E-state index in [1.54, 1.807) is 0 Å². The molecule has 2 aromatic rings. The van der Waals surface area contributed by atoms with Gasteiger partial charge in [-0.1, -0.05) is 22.9 Å². The predicted octanol–water partition coefficient (Wildman–Crippen LogP) is 3.92. The molecule has 0 saturated carbocycles. The Kier molecular flexibility index (Phi) is 5.82. The molecule has 1 N–H and O–H groups in total. The Morgan fingerprint density at radius 2 is 2.24 bits per heavy atom. The van der Waals surface area contributed by atoms with E-state index in [9.17, 15) is 0 Å². The number of aromatic nitrogens is 2. The van der Waals surface area contributed by atoms with Crippen molar-refractivity contribution >= 4 is 15.9 Å². The molecule has 1 unspecified atom stereocenters. The first kappa shape index (κ1) is 16.0. The summed E-state index contributed by atoms with van der Waals surface area (Å²) in [6.07, 6.45) is 4.82. The Balaban J connectivity index is 2.14. The minimum Gasteiger partial charge on any atom is -0.487 e. The van der Waals surface area contributed by atoms with Crippen molar-refractivity contribution in [2.24, 2.45) is 0 Å². The maximum Gasteiger partial charge on any atom is 0.130 e. The maximum atomic E-state index is 6.02. The number of hydrogen-bond acceptors (Lipinski definition) is 3. The third kappa shape index (κ3) is 4.08. The topological polar surface area (TPSA) is 39.1 Å². The number of imidazole rings is 1. The molecule has 1 aromatic heterocycles. The molecule has 0 radical (unpaired) electrons. The first-order valence-corrected chi connectivity index (χ1v) is 8.03. The van der Waals surface area contributed by atoms with Gasteiger partial charge in [-0.15, -0.1) is 0 Å². The van der Waals surface area contributed by atoms with Crippen LogP contribution in [-0.2, 0) is 13.2 Å². The highest BCUT2D eigenvalue weighted by Gasteiger charge is 2.12. The van der Waals surface area contributed by atoms with Crippen LogP contribution in [0.1, 0.15) is 37.6 Å². The molecule has 5 heteroatoms. The van der Waals surface area contributed by atoms with E-state index in [0.717, 1.165) is 34.4 Å². The Bertz CT molecular complexity index is 583. The van der Waals surface area contributed by atoms with Crippen LogP contribution < -0.4 is 10.1 Å². The summed E-state index contributed by atoms with van der Waals surface area (Å²) in [7, 11) is 1.95. The van der Waals surface area contributed by atoms with Crippen LogP contribution in [0.3, 0.4) is 0 Å². The Morgan fingerprint density at radius 1 is 1.43 bits per heavy atom. The van der Waals surface area contributed by atoms with Crippen LogP contribution in [0.5, 0.6) is 5.75 Å². The summed E-state index contributed by atoms with van der Waals surface area (Å²) in [5, 5.41) is 3.26. The van der Waals surface area contributed by atoms with Crippen molar-refractivity contribution in [1.82, 2.24) is 14.9 Å². The zero-order valence-electron chi connectivity index (χ0n) is 12.8.